The first kappa shape index (κ1) is 14.3. The average molecular weight is 322 g/mol. The number of rotatable bonds is 2. The molecular formula is C18H12F2N4. The fourth-order valence-corrected chi connectivity index (χ4v) is 2.68. The van der Waals surface area contributed by atoms with Gasteiger partial charge < -0.3 is 10.7 Å². The van der Waals surface area contributed by atoms with E-state index >= 15 is 0 Å². The van der Waals surface area contributed by atoms with Gasteiger partial charge in [-0.1, -0.05) is 30.3 Å². The summed E-state index contributed by atoms with van der Waals surface area (Å²) < 4.78 is 27.4. The third kappa shape index (κ3) is 2.38. The van der Waals surface area contributed by atoms with Crippen molar-refractivity contribution in [1.29, 1.82) is 0 Å². The molecular weight excluding hydrogens is 310 g/mol. The van der Waals surface area contributed by atoms with Crippen LogP contribution in [0, 0.1) is 11.6 Å². The predicted molar refractivity (Wildman–Crippen MR) is 89.1 cm³/mol. The number of nitrogen functional groups attached to an aromatic ring is 1. The number of benzene rings is 2. The Morgan fingerprint density at radius 2 is 1.75 bits per heavy atom. The number of H-pyrrole nitrogens is 1. The Labute approximate surface area is 136 Å². The van der Waals surface area contributed by atoms with Crippen LogP contribution in [0.5, 0.6) is 0 Å². The smallest absolute Gasteiger partial charge is 0.164 e. The molecule has 24 heavy (non-hydrogen) atoms. The van der Waals surface area contributed by atoms with Crippen LogP contribution in [0.4, 0.5) is 14.6 Å². The quantitative estimate of drug-likeness (QED) is 0.582. The minimum Gasteiger partial charge on any atom is -0.384 e. The van der Waals surface area contributed by atoms with E-state index in [2.05, 4.69) is 15.0 Å². The van der Waals surface area contributed by atoms with Crippen molar-refractivity contribution >= 4 is 16.7 Å². The van der Waals surface area contributed by atoms with E-state index in [0.29, 0.717) is 22.5 Å². The Balaban J connectivity index is 1.93. The standard InChI is InChI=1S/C18H12F2N4/c19-11-6-12-13(9-22-17(12)14(20)7-11)18-23-15(8-16(21)24-18)10-4-2-1-3-5-10/h1-9,22H,(H2,21,23,24). The first-order valence-corrected chi connectivity index (χ1v) is 7.28. The van der Waals surface area contributed by atoms with E-state index in [-0.39, 0.29) is 11.3 Å². The lowest BCUT2D eigenvalue weighted by molar-refractivity contribution is 0.591. The van der Waals surface area contributed by atoms with Crippen LogP contribution in [0.25, 0.3) is 33.5 Å². The van der Waals surface area contributed by atoms with Crippen LogP contribution in [0.2, 0.25) is 0 Å². The van der Waals surface area contributed by atoms with E-state index in [1.807, 2.05) is 30.3 Å². The van der Waals surface area contributed by atoms with Gasteiger partial charge in [-0.05, 0) is 6.07 Å². The molecule has 0 aliphatic heterocycles. The highest BCUT2D eigenvalue weighted by molar-refractivity contribution is 5.94. The van der Waals surface area contributed by atoms with E-state index in [9.17, 15) is 8.78 Å². The van der Waals surface area contributed by atoms with E-state index in [1.54, 1.807) is 12.3 Å². The lowest BCUT2D eigenvalue weighted by atomic mass is 10.1. The molecule has 4 aromatic rings. The number of halogens is 2. The molecule has 2 aromatic carbocycles. The number of nitrogens with zero attached hydrogens (tertiary/aromatic N) is 2. The van der Waals surface area contributed by atoms with Crippen molar-refractivity contribution in [3.8, 4) is 22.6 Å². The molecule has 0 saturated heterocycles. The molecule has 118 valence electrons. The summed E-state index contributed by atoms with van der Waals surface area (Å²) in [6.45, 7) is 0. The summed E-state index contributed by atoms with van der Waals surface area (Å²) in [6, 6.07) is 13.2. The molecule has 0 saturated carbocycles. The number of fused-ring (bicyclic) bond motifs is 1. The summed E-state index contributed by atoms with van der Waals surface area (Å²) in [6.07, 6.45) is 1.55. The topological polar surface area (TPSA) is 67.6 Å². The molecule has 0 aliphatic carbocycles. The van der Waals surface area contributed by atoms with Gasteiger partial charge in [-0.25, -0.2) is 18.7 Å². The fourth-order valence-electron chi connectivity index (χ4n) is 2.68. The van der Waals surface area contributed by atoms with Gasteiger partial charge in [-0.2, -0.15) is 0 Å². The first-order chi connectivity index (χ1) is 11.6. The molecule has 0 atom stereocenters. The minimum absolute atomic E-state index is 0.207. The molecule has 0 amide bonds. The zero-order chi connectivity index (χ0) is 16.7. The molecule has 2 heterocycles. The molecule has 0 bridgehead atoms. The van der Waals surface area contributed by atoms with Gasteiger partial charge >= 0.3 is 0 Å². The van der Waals surface area contributed by atoms with Crippen molar-refractivity contribution in [1.82, 2.24) is 15.0 Å². The van der Waals surface area contributed by atoms with Crippen LogP contribution in [-0.2, 0) is 0 Å². The van der Waals surface area contributed by atoms with E-state index in [0.717, 1.165) is 11.6 Å². The fraction of sp³-hybridized carbons (Fsp3) is 0. The third-order valence-corrected chi connectivity index (χ3v) is 3.76. The van der Waals surface area contributed by atoms with Gasteiger partial charge in [0.15, 0.2) is 5.82 Å². The molecule has 0 unspecified atom stereocenters. The molecule has 6 heteroatoms. The highest BCUT2D eigenvalue weighted by atomic mass is 19.1. The number of aromatic amines is 1. The van der Waals surface area contributed by atoms with Crippen molar-refractivity contribution in [3.63, 3.8) is 0 Å². The summed E-state index contributed by atoms with van der Waals surface area (Å²) in [7, 11) is 0. The van der Waals surface area contributed by atoms with Gasteiger partial charge in [-0.3, -0.25) is 0 Å². The predicted octanol–water partition coefficient (Wildman–Crippen LogP) is 4.15. The van der Waals surface area contributed by atoms with Crippen molar-refractivity contribution in [2.24, 2.45) is 0 Å². The summed E-state index contributed by atoms with van der Waals surface area (Å²) in [5, 5.41) is 0.372. The average Bonchev–Trinajstić information content (AvgIpc) is 2.99. The minimum atomic E-state index is -0.663. The van der Waals surface area contributed by atoms with Gasteiger partial charge in [0, 0.05) is 34.8 Å². The molecule has 4 nitrogen and oxygen atoms in total. The number of hydrogen-bond donors (Lipinski definition) is 2. The van der Waals surface area contributed by atoms with Gasteiger partial charge in [0.25, 0.3) is 0 Å². The van der Waals surface area contributed by atoms with Crippen LogP contribution >= 0.6 is 0 Å². The molecule has 0 fully saturated rings. The Kier molecular flexibility index (Phi) is 3.23. The highest BCUT2D eigenvalue weighted by Gasteiger charge is 2.15. The van der Waals surface area contributed by atoms with Crippen LogP contribution in [0.15, 0.2) is 54.7 Å². The number of hydrogen-bond acceptors (Lipinski definition) is 3. The van der Waals surface area contributed by atoms with E-state index < -0.39 is 11.6 Å². The Morgan fingerprint density at radius 1 is 0.958 bits per heavy atom. The largest absolute Gasteiger partial charge is 0.384 e. The Morgan fingerprint density at radius 3 is 2.54 bits per heavy atom. The van der Waals surface area contributed by atoms with E-state index in [1.165, 1.54) is 6.07 Å². The Hall–Kier alpha value is -3.28. The maximum Gasteiger partial charge on any atom is 0.164 e. The molecule has 0 aliphatic rings. The zero-order valence-electron chi connectivity index (χ0n) is 12.4. The van der Waals surface area contributed by atoms with Crippen LogP contribution < -0.4 is 5.73 Å². The molecule has 0 radical (unpaired) electrons. The SMILES string of the molecule is Nc1cc(-c2ccccc2)nc(-c2c[nH]c3c(F)cc(F)cc23)n1. The van der Waals surface area contributed by atoms with Gasteiger partial charge in [0.05, 0.1) is 11.2 Å². The summed E-state index contributed by atoms with van der Waals surface area (Å²) in [5.74, 6) is -0.730. The Bertz CT molecular complexity index is 1040. The molecule has 4 rings (SSSR count). The first-order valence-electron chi connectivity index (χ1n) is 7.28. The summed E-state index contributed by atoms with van der Waals surface area (Å²) in [4.78, 5) is 11.5. The molecule has 0 spiro atoms. The molecule has 3 N–H and O–H groups in total. The summed E-state index contributed by atoms with van der Waals surface area (Å²) >= 11 is 0. The number of anilines is 1. The van der Waals surface area contributed by atoms with Gasteiger partial charge in [0.2, 0.25) is 0 Å². The van der Waals surface area contributed by atoms with Crippen molar-refractivity contribution in [2.45, 2.75) is 0 Å². The van der Waals surface area contributed by atoms with Crippen LogP contribution in [-0.4, -0.2) is 15.0 Å². The number of aromatic nitrogens is 3. The normalized spacial score (nSPS) is 11.1. The second-order valence-electron chi connectivity index (χ2n) is 5.38. The van der Waals surface area contributed by atoms with Crippen LogP contribution in [0.3, 0.4) is 0 Å². The van der Waals surface area contributed by atoms with Gasteiger partial charge in [-0.15, -0.1) is 0 Å². The van der Waals surface area contributed by atoms with Crippen molar-refractivity contribution < 1.29 is 8.78 Å². The molecule has 2 aromatic heterocycles. The highest BCUT2D eigenvalue weighted by Crippen LogP contribution is 2.30. The lowest BCUT2D eigenvalue weighted by Crippen LogP contribution is -1.97. The van der Waals surface area contributed by atoms with Crippen molar-refractivity contribution in [3.05, 3.63) is 66.4 Å². The lowest BCUT2D eigenvalue weighted by Gasteiger charge is -2.06. The number of nitrogens with two attached hydrogens (primary N) is 1. The maximum atomic E-state index is 13.9. The van der Waals surface area contributed by atoms with E-state index in [4.69, 9.17) is 5.73 Å². The maximum absolute atomic E-state index is 13.9. The number of nitrogens with one attached hydrogen (secondary N) is 1. The monoisotopic (exact) mass is 322 g/mol. The third-order valence-electron chi connectivity index (χ3n) is 3.76. The van der Waals surface area contributed by atoms with Crippen LogP contribution in [0.1, 0.15) is 0 Å². The summed E-state index contributed by atoms with van der Waals surface area (Å²) in [5.41, 5.74) is 8.12. The van der Waals surface area contributed by atoms with Crippen molar-refractivity contribution in [2.75, 3.05) is 5.73 Å². The zero-order valence-corrected chi connectivity index (χ0v) is 12.4. The second-order valence-corrected chi connectivity index (χ2v) is 5.38. The van der Waals surface area contributed by atoms with Gasteiger partial charge in [0.1, 0.15) is 17.5 Å². The second kappa shape index (κ2) is 5.42.